The minimum Gasteiger partial charge on any atom is -0.339 e. The van der Waals surface area contributed by atoms with Gasteiger partial charge in [0.15, 0.2) is 11.3 Å². The van der Waals surface area contributed by atoms with Gasteiger partial charge in [0.25, 0.3) is 5.56 Å². The summed E-state index contributed by atoms with van der Waals surface area (Å²) in [6, 6.07) is 4.29. The van der Waals surface area contributed by atoms with Crippen LogP contribution in [0.1, 0.15) is 17.5 Å². The lowest BCUT2D eigenvalue weighted by atomic mass is 9.93. The fourth-order valence-corrected chi connectivity index (χ4v) is 3.33. The smallest absolute Gasteiger partial charge is 0.339 e. The summed E-state index contributed by atoms with van der Waals surface area (Å²) in [7, 11) is 1.63. The lowest BCUT2D eigenvalue weighted by Crippen LogP contribution is -2.30. The van der Waals surface area contributed by atoms with Gasteiger partial charge in [-0.15, -0.1) is 0 Å². The van der Waals surface area contributed by atoms with Crippen LogP contribution in [0.4, 0.5) is 23.5 Å². The zero-order valence-corrected chi connectivity index (χ0v) is 14.2. The fourth-order valence-electron chi connectivity index (χ4n) is 3.33. The van der Waals surface area contributed by atoms with E-state index in [1.165, 1.54) is 27.9 Å². The van der Waals surface area contributed by atoms with Gasteiger partial charge in [0.1, 0.15) is 5.39 Å². The van der Waals surface area contributed by atoms with Crippen LogP contribution in [-0.2, 0) is 18.9 Å². The Balaban J connectivity index is 1.67. The molecule has 1 fully saturated rings. The van der Waals surface area contributed by atoms with E-state index in [9.17, 15) is 18.0 Å². The number of nitrogens with one attached hydrogen (secondary N) is 1. The molecule has 3 aromatic rings. The second kappa shape index (κ2) is 5.80. The number of nitrogens with zero attached hydrogens (tertiary/aromatic N) is 4. The number of aryl methyl sites for hydroxylation is 1. The molecule has 6 nitrogen and oxygen atoms in total. The summed E-state index contributed by atoms with van der Waals surface area (Å²) in [5.41, 5.74) is -2.95. The fraction of sp³-hybridized carbons (Fsp3) is 0.353. The van der Waals surface area contributed by atoms with Crippen LogP contribution in [0.25, 0.3) is 11.0 Å². The summed E-state index contributed by atoms with van der Waals surface area (Å²) in [5.74, 6) is 0.169. The normalized spacial score (nSPS) is 20.6. The maximum atomic E-state index is 15.4. The molecule has 3 heterocycles. The first kappa shape index (κ1) is 17.5. The highest BCUT2D eigenvalue weighted by molar-refractivity contribution is 5.74. The molecular weight excluding hydrogens is 366 g/mol. The van der Waals surface area contributed by atoms with Gasteiger partial charge < -0.3 is 4.90 Å². The highest BCUT2D eigenvalue weighted by Gasteiger charge is 2.42. The van der Waals surface area contributed by atoms with Crippen molar-refractivity contribution in [1.29, 1.82) is 0 Å². The Hall–Kier alpha value is -2.91. The second-order valence-corrected chi connectivity index (χ2v) is 6.61. The van der Waals surface area contributed by atoms with E-state index in [0.29, 0.717) is 11.0 Å². The summed E-state index contributed by atoms with van der Waals surface area (Å²) in [6.45, 7) is -0.000345. The maximum absolute atomic E-state index is 15.4. The molecule has 1 aromatic carbocycles. The number of hydrogen-bond donors (Lipinski definition) is 1. The number of H-pyrrole nitrogens is 1. The van der Waals surface area contributed by atoms with Crippen molar-refractivity contribution < 1.29 is 17.6 Å². The molecule has 10 heteroatoms. The molecule has 27 heavy (non-hydrogen) atoms. The van der Waals surface area contributed by atoms with E-state index in [-0.39, 0.29) is 31.0 Å². The molecule has 0 radical (unpaired) electrons. The average Bonchev–Trinajstić information content (AvgIpc) is 3.19. The second-order valence-electron chi connectivity index (χ2n) is 6.61. The van der Waals surface area contributed by atoms with Gasteiger partial charge in [0.05, 0.1) is 18.3 Å². The van der Waals surface area contributed by atoms with Crippen molar-refractivity contribution in [2.75, 3.05) is 18.0 Å². The predicted molar refractivity (Wildman–Crippen MR) is 90.2 cm³/mol. The molecule has 0 spiro atoms. The van der Waals surface area contributed by atoms with Gasteiger partial charge in [0, 0.05) is 20.0 Å². The van der Waals surface area contributed by atoms with Gasteiger partial charge in [-0.3, -0.25) is 14.5 Å². The molecular formula is C17H15F4N5O. The van der Waals surface area contributed by atoms with Gasteiger partial charge in [0.2, 0.25) is 5.95 Å². The van der Waals surface area contributed by atoms with Gasteiger partial charge >= 0.3 is 6.18 Å². The van der Waals surface area contributed by atoms with Gasteiger partial charge in [-0.25, -0.2) is 4.39 Å². The molecule has 1 aliphatic heterocycles. The number of aromatic nitrogens is 4. The van der Waals surface area contributed by atoms with E-state index >= 15 is 4.39 Å². The SMILES string of the molecule is Cn1ncc2c(=O)[nH]c(N3CC[C@](F)(c4cccc(C(F)(F)F)c4)C3)nc21. The van der Waals surface area contributed by atoms with Crippen LogP contribution in [0, 0.1) is 0 Å². The zero-order valence-electron chi connectivity index (χ0n) is 14.2. The zero-order chi connectivity index (χ0) is 19.4. The Labute approximate surface area is 150 Å². The van der Waals surface area contributed by atoms with E-state index in [2.05, 4.69) is 15.1 Å². The van der Waals surface area contributed by atoms with Crippen molar-refractivity contribution in [2.24, 2.45) is 7.05 Å². The van der Waals surface area contributed by atoms with Gasteiger partial charge in [-0.1, -0.05) is 12.1 Å². The Kier molecular flexibility index (Phi) is 3.76. The monoisotopic (exact) mass is 381 g/mol. The van der Waals surface area contributed by atoms with Crippen molar-refractivity contribution in [1.82, 2.24) is 19.7 Å². The summed E-state index contributed by atoms with van der Waals surface area (Å²) in [5, 5.41) is 4.28. The quantitative estimate of drug-likeness (QED) is 0.694. The van der Waals surface area contributed by atoms with Gasteiger partial charge in [-0.05, 0) is 17.7 Å². The van der Waals surface area contributed by atoms with Crippen molar-refractivity contribution in [3.8, 4) is 0 Å². The van der Waals surface area contributed by atoms with E-state index in [1.807, 2.05) is 0 Å². The predicted octanol–water partition coefficient (Wildman–Crippen LogP) is 2.75. The molecule has 0 amide bonds. The number of hydrogen-bond acceptors (Lipinski definition) is 4. The largest absolute Gasteiger partial charge is 0.416 e. The Bertz CT molecular complexity index is 1070. The minimum absolute atomic E-state index is 0.0125. The van der Waals surface area contributed by atoms with Crippen LogP contribution >= 0.6 is 0 Å². The number of rotatable bonds is 2. The summed E-state index contributed by atoms with van der Waals surface area (Å²) in [4.78, 5) is 20.6. The number of anilines is 1. The van der Waals surface area contributed by atoms with Gasteiger partial charge in [-0.2, -0.15) is 23.3 Å². The molecule has 0 bridgehead atoms. The highest BCUT2D eigenvalue weighted by Crippen LogP contribution is 2.39. The first-order valence-corrected chi connectivity index (χ1v) is 8.21. The van der Waals surface area contributed by atoms with Crippen molar-refractivity contribution >= 4 is 17.0 Å². The molecule has 1 atom stereocenters. The molecule has 4 rings (SSSR count). The van der Waals surface area contributed by atoms with Crippen molar-refractivity contribution in [3.63, 3.8) is 0 Å². The third-order valence-corrected chi connectivity index (χ3v) is 4.82. The van der Waals surface area contributed by atoms with Crippen molar-refractivity contribution in [3.05, 3.63) is 51.9 Å². The number of halogens is 4. The van der Waals surface area contributed by atoms with E-state index in [0.717, 1.165) is 12.1 Å². The van der Waals surface area contributed by atoms with E-state index < -0.39 is 23.0 Å². The molecule has 1 N–H and O–H groups in total. The maximum Gasteiger partial charge on any atom is 0.416 e. The van der Waals surface area contributed by atoms with Crippen LogP contribution in [0.15, 0.2) is 35.3 Å². The van der Waals surface area contributed by atoms with Crippen LogP contribution in [-0.4, -0.2) is 32.8 Å². The number of benzene rings is 1. The van der Waals surface area contributed by atoms with Crippen LogP contribution in [0.5, 0.6) is 0 Å². The molecule has 1 aliphatic rings. The molecule has 142 valence electrons. The number of fused-ring (bicyclic) bond motifs is 1. The highest BCUT2D eigenvalue weighted by atomic mass is 19.4. The lowest BCUT2D eigenvalue weighted by Gasteiger charge is -2.22. The molecule has 0 aliphatic carbocycles. The van der Waals surface area contributed by atoms with E-state index in [1.54, 1.807) is 7.05 Å². The molecule has 2 aromatic heterocycles. The Morgan fingerprint density at radius 3 is 2.81 bits per heavy atom. The summed E-state index contributed by atoms with van der Waals surface area (Å²) >= 11 is 0. The topological polar surface area (TPSA) is 66.8 Å². The Morgan fingerprint density at radius 1 is 1.30 bits per heavy atom. The summed E-state index contributed by atoms with van der Waals surface area (Å²) < 4.78 is 55.7. The number of aromatic amines is 1. The minimum atomic E-state index is -4.54. The third kappa shape index (κ3) is 2.94. The molecule has 0 saturated carbocycles. The third-order valence-electron chi connectivity index (χ3n) is 4.82. The Morgan fingerprint density at radius 2 is 2.07 bits per heavy atom. The number of alkyl halides is 4. The van der Waals surface area contributed by atoms with Crippen molar-refractivity contribution in [2.45, 2.75) is 18.3 Å². The first-order chi connectivity index (χ1) is 12.7. The summed E-state index contributed by atoms with van der Waals surface area (Å²) in [6.07, 6.45) is -3.17. The standard InChI is InChI=1S/C17H15F4N5O/c1-25-13-12(8-22-25)14(27)24-15(23-13)26-6-5-16(18,9-26)10-3-2-4-11(7-10)17(19,20)21/h2-4,7-8H,5-6,9H2,1H3,(H,23,24,27)/t16-/m1/s1. The van der Waals surface area contributed by atoms with Crippen LogP contribution < -0.4 is 10.5 Å². The lowest BCUT2D eigenvalue weighted by molar-refractivity contribution is -0.137. The van der Waals surface area contributed by atoms with E-state index in [4.69, 9.17) is 0 Å². The first-order valence-electron chi connectivity index (χ1n) is 8.21. The molecule has 0 unspecified atom stereocenters. The van der Waals surface area contributed by atoms with Crippen LogP contribution in [0.2, 0.25) is 0 Å². The average molecular weight is 381 g/mol. The van der Waals surface area contributed by atoms with Crippen LogP contribution in [0.3, 0.4) is 0 Å². The molecule has 1 saturated heterocycles.